The molecule has 0 N–H and O–H groups in total. The summed E-state index contributed by atoms with van der Waals surface area (Å²) in [5.74, 6) is -3.78. The van der Waals surface area contributed by atoms with Gasteiger partial charge in [-0.3, -0.25) is 14.4 Å². The van der Waals surface area contributed by atoms with Crippen LogP contribution in [-0.4, -0.2) is 39.2 Å². The van der Waals surface area contributed by atoms with Crippen molar-refractivity contribution in [2.45, 2.75) is 4.90 Å². The van der Waals surface area contributed by atoms with Crippen LogP contribution in [0.4, 0.5) is 5.69 Å². The van der Waals surface area contributed by atoms with Gasteiger partial charge in [-0.1, -0.05) is 35.3 Å². The summed E-state index contributed by atoms with van der Waals surface area (Å²) >= 11 is 12.1. The number of rotatable bonds is 3. The minimum absolute atomic E-state index is 0.187. The minimum atomic E-state index is -3.66. The fourth-order valence-electron chi connectivity index (χ4n) is 2.95. The smallest absolute Gasteiger partial charge is 0.245 e. The van der Waals surface area contributed by atoms with E-state index in [4.69, 9.17) is 23.2 Å². The molecule has 1 aliphatic heterocycles. The number of amides is 1. The monoisotopic (exact) mass is 425 g/mol. The average Bonchev–Trinajstić information content (AvgIpc) is 2.61. The van der Waals surface area contributed by atoms with Crippen LogP contribution in [0, 0.1) is 5.92 Å². The Morgan fingerprint density at radius 3 is 2.30 bits per heavy atom. The number of carbonyl (C=O) groups excluding carboxylic acids is 3. The number of hydrogen-bond acceptors (Lipinski definition) is 5. The van der Waals surface area contributed by atoms with Crippen LogP contribution >= 0.6 is 23.2 Å². The van der Waals surface area contributed by atoms with Gasteiger partial charge in [0, 0.05) is 24.4 Å². The highest BCUT2D eigenvalue weighted by Crippen LogP contribution is 2.36. The van der Waals surface area contributed by atoms with Crippen LogP contribution in [0.1, 0.15) is 20.7 Å². The maximum absolute atomic E-state index is 12.9. The number of carbonyl (C=O) groups is 3. The summed E-state index contributed by atoms with van der Waals surface area (Å²) in [6.45, 7) is 0. The van der Waals surface area contributed by atoms with Crippen molar-refractivity contribution in [2.24, 2.45) is 5.92 Å². The zero-order chi connectivity index (χ0) is 20.1. The summed E-state index contributed by atoms with van der Waals surface area (Å²) in [6, 6.07) is 8.74. The largest absolute Gasteiger partial charge is 0.314 e. The van der Waals surface area contributed by atoms with E-state index >= 15 is 0 Å². The summed E-state index contributed by atoms with van der Waals surface area (Å²) in [5, 5.41) is -0.638. The van der Waals surface area contributed by atoms with Gasteiger partial charge in [-0.05, 0) is 24.3 Å². The van der Waals surface area contributed by atoms with Crippen molar-refractivity contribution in [1.82, 2.24) is 0 Å². The molecule has 0 spiro atoms. The van der Waals surface area contributed by atoms with Crippen LogP contribution in [0.25, 0.3) is 0 Å². The van der Waals surface area contributed by atoms with Crippen molar-refractivity contribution in [1.29, 1.82) is 0 Å². The zero-order valence-electron chi connectivity index (χ0n) is 14.2. The van der Waals surface area contributed by atoms with Gasteiger partial charge in [-0.2, -0.15) is 0 Å². The standard InChI is InChI=1S/C18H13Cl2NO5S/c1-21-11-6-4-3-5-9(11)16(22)13(18(21)24)17(23)10-7-8-12(27(2,25)26)15(20)14(10)19/h3-8,13H,1-2H3. The van der Waals surface area contributed by atoms with Gasteiger partial charge in [-0.25, -0.2) is 8.42 Å². The van der Waals surface area contributed by atoms with Crippen LogP contribution in [0.3, 0.4) is 0 Å². The van der Waals surface area contributed by atoms with Crippen molar-refractivity contribution in [3.8, 4) is 0 Å². The molecule has 9 heteroatoms. The number of anilines is 1. The van der Waals surface area contributed by atoms with E-state index in [-0.39, 0.29) is 26.1 Å². The molecule has 1 amide bonds. The lowest BCUT2D eigenvalue weighted by Crippen LogP contribution is -2.46. The molecule has 3 rings (SSSR count). The van der Waals surface area contributed by atoms with Crippen LogP contribution in [0.2, 0.25) is 10.0 Å². The van der Waals surface area contributed by atoms with Crippen LogP contribution in [0.15, 0.2) is 41.3 Å². The Kier molecular flexibility index (Phi) is 4.88. The average molecular weight is 426 g/mol. The van der Waals surface area contributed by atoms with E-state index < -0.39 is 33.2 Å². The maximum atomic E-state index is 12.9. The fourth-order valence-corrected chi connectivity index (χ4v) is 4.59. The normalized spacial score (nSPS) is 17.0. The number of halogens is 2. The van der Waals surface area contributed by atoms with E-state index in [1.165, 1.54) is 18.0 Å². The molecule has 0 saturated carbocycles. The third kappa shape index (κ3) is 3.16. The number of Topliss-reactive ketones (excluding diaryl/α,β-unsaturated/α-hetero) is 2. The van der Waals surface area contributed by atoms with E-state index in [1.54, 1.807) is 18.2 Å². The SMILES string of the molecule is CN1C(=O)C(C(=O)c2ccc(S(C)(=O)=O)c(Cl)c2Cl)C(=O)c2ccccc21. The summed E-state index contributed by atoms with van der Waals surface area (Å²) in [7, 11) is -2.20. The molecular formula is C18H13Cl2NO5S. The number of sulfone groups is 1. The molecule has 0 radical (unpaired) electrons. The zero-order valence-corrected chi connectivity index (χ0v) is 16.5. The number of fused-ring (bicyclic) bond motifs is 1. The number of ketones is 2. The summed E-state index contributed by atoms with van der Waals surface area (Å²) in [4.78, 5) is 39.4. The first-order valence-electron chi connectivity index (χ1n) is 7.68. The summed E-state index contributed by atoms with van der Waals surface area (Å²) in [6.07, 6.45) is 0.951. The van der Waals surface area contributed by atoms with E-state index in [0.29, 0.717) is 5.69 Å². The molecule has 27 heavy (non-hydrogen) atoms. The Morgan fingerprint density at radius 2 is 1.67 bits per heavy atom. The lowest BCUT2D eigenvalue weighted by atomic mass is 9.85. The second kappa shape index (κ2) is 6.74. The summed E-state index contributed by atoms with van der Waals surface area (Å²) in [5.41, 5.74) is 0.467. The number of nitrogens with zero attached hydrogens (tertiary/aromatic N) is 1. The van der Waals surface area contributed by atoms with E-state index in [0.717, 1.165) is 18.4 Å². The van der Waals surface area contributed by atoms with Crippen molar-refractivity contribution < 1.29 is 22.8 Å². The topological polar surface area (TPSA) is 88.6 Å². The van der Waals surface area contributed by atoms with E-state index in [2.05, 4.69) is 0 Å². The molecule has 6 nitrogen and oxygen atoms in total. The minimum Gasteiger partial charge on any atom is -0.314 e. The molecule has 140 valence electrons. The van der Waals surface area contributed by atoms with Crippen LogP contribution in [0.5, 0.6) is 0 Å². The second-order valence-corrected chi connectivity index (χ2v) is 8.83. The number of para-hydroxylation sites is 1. The predicted molar refractivity (Wildman–Crippen MR) is 102 cm³/mol. The first-order chi connectivity index (χ1) is 12.6. The maximum Gasteiger partial charge on any atom is 0.245 e. The van der Waals surface area contributed by atoms with Gasteiger partial charge in [0.25, 0.3) is 0 Å². The predicted octanol–water partition coefficient (Wildman–Crippen LogP) is 3.06. The number of hydrogen-bond donors (Lipinski definition) is 0. The van der Waals surface area contributed by atoms with Crippen molar-refractivity contribution >= 4 is 56.2 Å². The number of benzene rings is 2. The Labute approximate surface area is 165 Å². The molecule has 0 aromatic heterocycles. The van der Waals surface area contributed by atoms with Gasteiger partial charge in [0.15, 0.2) is 27.3 Å². The Hall–Kier alpha value is -2.22. The lowest BCUT2D eigenvalue weighted by Gasteiger charge is -2.29. The fraction of sp³-hybridized carbons (Fsp3) is 0.167. The van der Waals surface area contributed by atoms with Gasteiger partial charge < -0.3 is 4.90 Å². The van der Waals surface area contributed by atoms with Gasteiger partial charge in [0.1, 0.15) is 0 Å². The molecule has 0 saturated heterocycles. The van der Waals surface area contributed by atoms with Gasteiger partial charge in [0.2, 0.25) is 5.91 Å². The lowest BCUT2D eigenvalue weighted by molar-refractivity contribution is -0.119. The van der Waals surface area contributed by atoms with E-state index in [1.807, 2.05) is 0 Å². The first-order valence-corrected chi connectivity index (χ1v) is 10.3. The van der Waals surface area contributed by atoms with Crippen molar-refractivity contribution in [3.63, 3.8) is 0 Å². The van der Waals surface area contributed by atoms with Crippen molar-refractivity contribution in [3.05, 3.63) is 57.6 Å². The molecule has 0 bridgehead atoms. The molecule has 0 aliphatic carbocycles. The molecule has 2 aromatic carbocycles. The summed E-state index contributed by atoms with van der Waals surface area (Å²) < 4.78 is 23.5. The molecular weight excluding hydrogens is 413 g/mol. The molecule has 2 aromatic rings. The molecule has 1 heterocycles. The molecule has 0 fully saturated rings. The quantitative estimate of drug-likeness (QED) is 0.556. The Bertz CT molecular complexity index is 1110. The highest BCUT2D eigenvalue weighted by molar-refractivity contribution is 7.90. The second-order valence-electron chi connectivity index (χ2n) is 6.09. The third-order valence-electron chi connectivity index (χ3n) is 4.34. The molecule has 1 aliphatic rings. The molecule has 1 unspecified atom stereocenters. The highest BCUT2D eigenvalue weighted by Gasteiger charge is 2.43. The Morgan fingerprint density at radius 1 is 1.04 bits per heavy atom. The highest BCUT2D eigenvalue weighted by atomic mass is 35.5. The molecule has 1 atom stereocenters. The first kappa shape index (κ1) is 19.5. The van der Waals surface area contributed by atoms with Crippen LogP contribution in [-0.2, 0) is 14.6 Å². The van der Waals surface area contributed by atoms with Gasteiger partial charge in [0.05, 0.1) is 20.6 Å². The van der Waals surface area contributed by atoms with Gasteiger partial charge >= 0.3 is 0 Å². The third-order valence-corrected chi connectivity index (χ3v) is 6.48. The van der Waals surface area contributed by atoms with E-state index in [9.17, 15) is 22.8 Å². The van der Waals surface area contributed by atoms with Crippen molar-refractivity contribution in [2.75, 3.05) is 18.2 Å². The van der Waals surface area contributed by atoms with Gasteiger partial charge in [-0.15, -0.1) is 0 Å². The Balaban J connectivity index is 2.11. The van der Waals surface area contributed by atoms with Crippen LogP contribution < -0.4 is 4.90 Å².